The van der Waals surface area contributed by atoms with Gasteiger partial charge in [-0.3, -0.25) is 9.69 Å². The van der Waals surface area contributed by atoms with Gasteiger partial charge in [0.25, 0.3) is 5.97 Å². The van der Waals surface area contributed by atoms with Crippen LogP contribution in [-0.2, 0) is 32.6 Å². The zero-order valence-corrected chi connectivity index (χ0v) is 23.8. The van der Waals surface area contributed by atoms with Gasteiger partial charge in [-0.15, -0.1) is 5.69 Å². The molecule has 1 heterocycles. The molecule has 1 saturated heterocycles. The largest absolute Gasteiger partial charge is 3.00 e. The van der Waals surface area contributed by atoms with Crippen molar-refractivity contribution in [1.29, 1.82) is 0 Å². The number of aliphatic carboxylic acids is 1. The number of amides is 1. The summed E-state index contributed by atoms with van der Waals surface area (Å²) >= 11 is 0. The fourth-order valence-electron chi connectivity index (χ4n) is 5.36. The van der Waals surface area contributed by atoms with Crippen LogP contribution >= 0.6 is 0 Å². The van der Waals surface area contributed by atoms with Crippen molar-refractivity contribution in [1.82, 2.24) is 4.90 Å². The van der Waals surface area contributed by atoms with E-state index in [-0.39, 0.29) is 34.4 Å². The third-order valence-corrected chi connectivity index (χ3v) is 7.14. The van der Waals surface area contributed by atoms with Crippen molar-refractivity contribution in [3.05, 3.63) is 112 Å². The Labute approximate surface area is 242 Å². The standard InChI is InChI=1S/C32H38N3O3.Ni/c1-23(2)21-32(3,31(37)38)34-29(25-15-8-5-9-16-25)26-17-10-11-18-27(26)33-30(36)28-19-12-20-35(28)22-24-13-6-4-7-14-24;/h4-11,13-18,23,28-29H,12,19-22H2,1-3H3,(H2,33,36,37,38);/q-1;+3/p-1/t28?,29?,32-;/m0./s1. The molecule has 3 aromatic rings. The number of carbonyl (C=O) groups excluding carboxylic acids is 1. The molecule has 0 spiro atoms. The van der Waals surface area contributed by atoms with Gasteiger partial charge in [0.05, 0.1) is 11.9 Å². The van der Waals surface area contributed by atoms with Crippen LogP contribution in [-0.4, -0.2) is 40.0 Å². The van der Waals surface area contributed by atoms with Crippen LogP contribution in [0.25, 0.3) is 10.6 Å². The average Bonchev–Trinajstić information content (AvgIpc) is 3.37. The molecule has 4 rings (SSSR count). The minimum atomic E-state index is -1.29. The summed E-state index contributed by atoms with van der Waals surface area (Å²) in [6.45, 7) is 7.24. The molecule has 0 aromatic heterocycles. The maximum absolute atomic E-state index is 13.5. The molecule has 7 heteroatoms. The van der Waals surface area contributed by atoms with E-state index in [1.54, 1.807) is 6.92 Å². The van der Waals surface area contributed by atoms with E-state index in [1.807, 2.05) is 86.6 Å². The zero-order valence-electron chi connectivity index (χ0n) is 22.8. The van der Waals surface area contributed by atoms with E-state index in [9.17, 15) is 14.7 Å². The van der Waals surface area contributed by atoms with Crippen molar-refractivity contribution in [2.75, 3.05) is 6.54 Å². The summed E-state index contributed by atoms with van der Waals surface area (Å²) in [5.74, 6) is -0.975. The van der Waals surface area contributed by atoms with Crippen LogP contribution in [0.15, 0.2) is 84.9 Å². The number of hydrogen-bond donors (Lipinski definition) is 1. The number of benzene rings is 3. The number of hydrogen-bond acceptors (Lipinski definition) is 3. The van der Waals surface area contributed by atoms with Gasteiger partial charge in [-0.05, 0) is 36.4 Å². The first-order valence-electron chi connectivity index (χ1n) is 13.4. The quantitative estimate of drug-likeness (QED) is 0.247. The molecule has 3 atom stereocenters. The minimum absolute atomic E-state index is 0. The Hall–Kier alpha value is -2.99. The number of para-hydroxylation sites is 1. The monoisotopic (exact) mass is 569 g/mol. The van der Waals surface area contributed by atoms with Crippen LogP contribution in [0, 0.1) is 5.92 Å². The van der Waals surface area contributed by atoms with E-state index in [0.29, 0.717) is 18.7 Å². The summed E-state index contributed by atoms with van der Waals surface area (Å²) in [6, 6.07) is 26.5. The topological polar surface area (TPSA) is 85.8 Å². The molecule has 3 aromatic carbocycles. The van der Waals surface area contributed by atoms with Gasteiger partial charge in [-0.25, -0.2) is 0 Å². The number of nitrogens with zero attached hydrogens (tertiary/aromatic N) is 3. The normalized spacial score (nSPS) is 17.7. The fraction of sp³-hybridized carbons (Fsp3) is 0.375. The third kappa shape index (κ3) is 7.78. The number of carboxylic acid groups (broad SMARTS) is 1. The summed E-state index contributed by atoms with van der Waals surface area (Å²) in [5, 5.41) is 19.7. The van der Waals surface area contributed by atoms with Crippen LogP contribution in [0.4, 0.5) is 5.69 Å². The van der Waals surface area contributed by atoms with Crippen molar-refractivity contribution in [3.63, 3.8) is 0 Å². The van der Waals surface area contributed by atoms with Gasteiger partial charge in [0.15, 0.2) is 0 Å². The molecular weight excluding hydrogens is 533 g/mol. The molecule has 0 bridgehead atoms. The van der Waals surface area contributed by atoms with Gasteiger partial charge in [-0.2, -0.15) is 0 Å². The van der Waals surface area contributed by atoms with Crippen LogP contribution < -0.4 is 0 Å². The maximum Gasteiger partial charge on any atom is 3.00 e. The Morgan fingerprint density at radius 3 is 2.23 bits per heavy atom. The predicted octanol–water partition coefficient (Wildman–Crippen LogP) is 7.23. The second-order valence-electron chi connectivity index (χ2n) is 10.7. The van der Waals surface area contributed by atoms with E-state index in [1.165, 1.54) is 5.56 Å². The molecule has 1 amide bonds. The van der Waals surface area contributed by atoms with E-state index < -0.39 is 17.6 Å². The molecule has 1 aliphatic heterocycles. The molecule has 1 N–H and O–H groups in total. The van der Waals surface area contributed by atoms with Crippen molar-refractivity contribution in [3.8, 4) is 0 Å². The number of carbonyl (C=O) groups is 2. The predicted molar refractivity (Wildman–Crippen MR) is 151 cm³/mol. The number of likely N-dealkylation sites (tertiary alicyclic amines) is 1. The number of rotatable bonds is 11. The van der Waals surface area contributed by atoms with Crippen LogP contribution in [0.1, 0.15) is 62.8 Å². The first-order valence-corrected chi connectivity index (χ1v) is 13.4. The molecule has 1 aliphatic rings. The summed E-state index contributed by atoms with van der Waals surface area (Å²) in [5.41, 5.74) is 2.03. The second kappa shape index (κ2) is 13.9. The SMILES string of the molecule is CC(C)C[C@](C)([N-]C(c1ccccc1)c1ccccc1[N-]C(=O)C1CCCN1Cc1ccccc1)C(=O)O.[Ni+3]. The fourth-order valence-corrected chi connectivity index (χ4v) is 5.36. The van der Waals surface area contributed by atoms with E-state index in [4.69, 9.17) is 5.32 Å². The van der Waals surface area contributed by atoms with Gasteiger partial charge >= 0.3 is 16.5 Å². The van der Waals surface area contributed by atoms with Crippen LogP contribution in [0.3, 0.4) is 0 Å². The molecule has 0 aliphatic carbocycles. The summed E-state index contributed by atoms with van der Waals surface area (Å²) in [4.78, 5) is 28.1. The Balaban J connectivity index is 0.00000420. The average molecular weight is 570 g/mol. The summed E-state index contributed by atoms with van der Waals surface area (Å²) < 4.78 is 0. The van der Waals surface area contributed by atoms with Gasteiger partial charge < -0.3 is 20.5 Å². The van der Waals surface area contributed by atoms with E-state index >= 15 is 0 Å². The Morgan fingerprint density at radius 2 is 1.59 bits per heavy atom. The molecule has 1 fully saturated rings. The van der Waals surface area contributed by atoms with Gasteiger partial charge in [0, 0.05) is 6.54 Å². The maximum atomic E-state index is 13.5. The van der Waals surface area contributed by atoms with Gasteiger partial charge in [-0.1, -0.05) is 129 Å². The Kier molecular flexibility index (Phi) is 10.9. The van der Waals surface area contributed by atoms with Crippen molar-refractivity contribution >= 4 is 17.6 Å². The van der Waals surface area contributed by atoms with E-state index in [2.05, 4.69) is 22.3 Å². The Bertz CT molecular complexity index is 1220. The molecule has 0 saturated carbocycles. The molecule has 6 nitrogen and oxygen atoms in total. The van der Waals surface area contributed by atoms with Crippen LogP contribution in [0.2, 0.25) is 0 Å². The molecule has 2 unspecified atom stereocenters. The van der Waals surface area contributed by atoms with Gasteiger partial charge in [0.1, 0.15) is 0 Å². The molecule has 1 radical (unpaired) electrons. The second-order valence-corrected chi connectivity index (χ2v) is 10.7. The molecule has 207 valence electrons. The van der Waals surface area contributed by atoms with Crippen molar-refractivity contribution < 1.29 is 31.2 Å². The summed E-state index contributed by atoms with van der Waals surface area (Å²) in [7, 11) is 0. The smallest absolute Gasteiger partial charge is 0.637 e. The third-order valence-electron chi connectivity index (χ3n) is 7.14. The molecule has 39 heavy (non-hydrogen) atoms. The first-order chi connectivity index (χ1) is 18.3. The summed E-state index contributed by atoms with van der Waals surface area (Å²) in [6.07, 6.45) is 2.13. The zero-order chi connectivity index (χ0) is 27.1. The van der Waals surface area contributed by atoms with Crippen molar-refractivity contribution in [2.24, 2.45) is 5.92 Å². The van der Waals surface area contributed by atoms with Crippen LogP contribution in [0.5, 0.6) is 0 Å². The minimum Gasteiger partial charge on any atom is -0.637 e. The molecular formula is C32H37N3NiO3+. The van der Waals surface area contributed by atoms with Crippen molar-refractivity contribution in [2.45, 2.75) is 64.2 Å². The first kappa shape index (κ1) is 30.6. The Morgan fingerprint density at radius 1 is 0.974 bits per heavy atom. The van der Waals surface area contributed by atoms with E-state index in [0.717, 1.165) is 30.5 Å². The van der Waals surface area contributed by atoms with Gasteiger partial charge in [0.2, 0.25) is 0 Å². The number of carboxylic acids is 1.